The van der Waals surface area contributed by atoms with Crippen LogP contribution in [0.25, 0.3) is 11.0 Å². The van der Waals surface area contributed by atoms with Crippen LogP contribution in [0.15, 0.2) is 66.0 Å². The Balaban J connectivity index is 1.73. The topological polar surface area (TPSA) is 80.1 Å². The number of para-hydroxylation sites is 2. The summed E-state index contributed by atoms with van der Waals surface area (Å²) < 4.78 is 16.5. The molecule has 0 bridgehead atoms. The number of nitrogens with zero attached hydrogens (tertiary/aromatic N) is 4. The van der Waals surface area contributed by atoms with E-state index in [-0.39, 0.29) is 18.1 Å². The third-order valence-corrected chi connectivity index (χ3v) is 6.35. The van der Waals surface area contributed by atoms with Crippen LogP contribution in [0, 0.1) is 11.7 Å². The fraction of sp³-hybridized carbons (Fsp3) is 0.280. The van der Waals surface area contributed by atoms with Crippen LogP contribution >= 0.6 is 11.3 Å². The van der Waals surface area contributed by atoms with E-state index in [2.05, 4.69) is 29.5 Å². The summed E-state index contributed by atoms with van der Waals surface area (Å²) in [6.07, 6.45) is 0.793. The molecule has 0 aliphatic heterocycles. The summed E-state index contributed by atoms with van der Waals surface area (Å²) in [7, 11) is 0. The minimum atomic E-state index is -1.02. The number of carbonyl (C=O) groups is 2. The maximum atomic E-state index is 15.0. The highest BCUT2D eigenvalue weighted by atomic mass is 32.1. The molecule has 0 aliphatic carbocycles. The van der Waals surface area contributed by atoms with Gasteiger partial charge >= 0.3 is 0 Å². The Hall–Kier alpha value is -3.59. The maximum Gasteiger partial charge on any atom is 0.249 e. The number of amides is 2. The predicted molar refractivity (Wildman–Crippen MR) is 131 cm³/mol. The summed E-state index contributed by atoms with van der Waals surface area (Å²) >= 11 is 1.34. The number of benzene rings is 2. The highest BCUT2D eigenvalue weighted by Gasteiger charge is 2.35. The van der Waals surface area contributed by atoms with Gasteiger partial charge in [-0.25, -0.2) is 9.07 Å². The number of nitrogens with one attached hydrogen (secondary N) is 1. The van der Waals surface area contributed by atoms with Crippen molar-refractivity contribution in [3.05, 3.63) is 76.7 Å². The van der Waals surface area contributed by atoms with Crippen molar-refractivity contribution < 1.29 is 14.0 Å². The summed E-state index contributed by atoms with van der Waals surface area (Å²) in [5.41, 5.74) is 1.36. The van der Waals surface area contributed by atoms with Crippen molar-refractivity contribution >= 4 is 39.9 Å². The van der Waals surface area contributed by atoms with Gasteiger partial charge in [0.25, 0.3) is 0 Å². The average molecular weight is 480 g/mol. The number of hydrogen-bond donors (Lipinski definition) is 1. The van der Waals surface area contributed by atoms with E-state index in [1.807, 2.05) is 29.6 Å². The van der Waals surface area contributed by atoms with Gasteiger partial charge in [0, 0.05) is 11.4 Å². The molecular formula is C25H26FN5O2S. The van der Waals surface area contributed by atoms with E-state index < -0.39 is 17.8 Å². The lowest BCUT2D eigenvalue weighted by atomic mass is 10.1. The molecule has 0 fully saturated rings. The minimum absolute atomic E-state index is 0.0364. The van der Waals surface area contributed by atoms with Gasteiger partial charge in [-0.3, -0.25) is 14.5 Å². The van der Waals surface area contributed by atoms with Crippen LogP contribution in [0.1, 0.15) is 31.2 Å². The second kappa shape index (κ2) is 10.6. The fourth-order valence-electron chi connectivity index (χ4n) is 3.70. The first-order valence-electron chi connectivity index (χ1n) is 11.1. The lowest BCUT2D eigenvalue weighted by Crippen LogP contribution is -2.45. The molecule has 34 heavy (non-hydrogen) atoms. The van der Waals surface area contributed by atoms with Crippen LogP contribution in [-0.2, 0) is 16.1 Å². The molecule has 4 aromatic rings. The van der Waals surface area contributed by atoms with E-state index >= 15 is 0 Å². The van der Waals surface area contributed by atoms with Crippen molar-refractivity contribution in [3.8, 4) is 0 Å². The fourth-order valence-corrected chi connectivity index (χ4v) is 4.52. The van der Waals surface area contributed by atoms with E-state index in [1.54, 1.807) is 24.3 Å². The maximum absolute atomic E-state index is 15.0. The van der Waals surface area contributed by atoms with Gasteiger partial charge in [0.1, 0.15) is 23.9 Å². The quantitative estimate of drug-likeness (QED) is 0.381. The summed E-state index contributed by atoms with van der Waals surface area (Å²) in [5.74, 6) is -1.01. The molecule has 7 nitrogen and oxygen atoms in total. The second-order valence-corrected chi connectivity index (χ2v) is 9.32. The monoisotopic (exact) mass is 479 g/mol. The van der Waals surface area contributed by atoms with Crippen LogP contribution in [0.3, 0.4) is 0 Å². The number of anilines is 1. The van der Waals surface area contributed by atoms with Gasteiger partial charge in [0.15, 0.2) is 0 Å². The van der Waals surface area contributed by atoms with Crippen LogP contribution in [0.5, 0.6) is 0 Å². The molecular weight excluding hydrogens is 453 g/mol. The molecule has 176 valence electrons. The summed E-state index contributed by atoms with van der Waals surface area (Å²) in [6, 6.07) is 15.8. The lowest BCUT2D eigenvalue weighted by molar-refractivity contribution is -0.127. The first kappa shape index (κ1) is 23.6. The highest BCUT2D eigenvalue weighted by molar-refractivity contribution is 7.10. The Labute approximate surface area is 201 Å². The van der Waals surface area contributed by atoms with Crippen molar-refractivity contribution in [1.82, 2.24) is 20.3 Å². The van der Waals surface area contributed by atoms with Crippen LogP contribution in [0.2, 0.25) is 0 Å². The molecule has 0 unspecified atom stereocenters. The summed E-state index contributed by atoms with van der Waals surface area (Å²) in [6.45, 7) is 4.41. The van der Waals surface area contributed by atoms with Crippen LogP contribution in [-0.4, -0.2) is 33.4 Å². The highest BCUT2D eigenvalue weighted by Crippen LogP contribution is 2.32. The summed E-state index contributed by atoms with van der Waals surface area (Å²) in [5, 5.41) is 13.0. The lowest BCUT2D eigenvalue weighted by Gasteiger charge is -2.31. The number of carbonyl (C=O) groups excluding carboxylic acids is 2. The predicted octanol–water partition coefficient (Wildman–Crippen LogP) is 4.57. The number of fused-ring (bicyclic) bond motifs is 1. The molecule has 2 amide bonds. The van der Waals surface area contributed by atoms with E-state index in [1.165, 1.54) is 33.1 Å². The van der Waals surface area contributed by atoms with E-state index in [0.29, 0.717) is 28.4 Å². The zero-order chi connectivity index (χ0) is 24.1. The standard InChI is InChI=1S/C25H26FN5O2S/c1-17(2)13-14-27-25(33)24(22-12-7-15-34-22)31(20-10-5-3-8-18(20)26)23(32)16-30-21-11-6-4-9-19(21)28-29-30/h3-12,15,17,24H,13-14,16H2,1-2H3,(H,27,33)/t24-/m1/s1. The van der Waals surface area contributed by atoms with Gasteiger partial charge in [-0.15, -0.1) is 16.4 Å². The largest absolute Gasteiger partial charge is 0.354 e. The molecule has 2 heterocycles. The minimum Gasteiger partial charge on any atom is -0.354 e. The van der Waals surface area contributed by atoms with Crippen molar-refractivity contribution in [2.24, 2.45) is 5.92 Å². The van der Waals surface area contributed by atoms with E-state index in [9.17, 15) is 14.0 Å². The number of aromatic nitrogens is 3. The molecule has 0 aliphatic rings. The molecule has 2 aromatic carbocycles. The molecule has 0 saturated heterocycles. The van der Waals surface area contributed by atoms with Gasteiger partial charge < -0.3 is 5.32 Å². The molecule has 1 N–H and O–H groups in total. The molecule has 0 radical (unpaired) electrons. The smallest absolute Gasteiger partial charge is 0.249 e. The number of hydrogen-bond acceptors (Lipinski definition) is 5. The summed E-state index contributed by atoms with van der Waals surface area (Å²) in [4.78, 5) is 29.0. The van der Waals surface area contributed by atoms with Gasteiger partial charge in [0.05, 0.1) is 11.2 Å². The average Bonchev–Trinajstić information content (AvgIpc) is 3.48. The van der Waals surface area contributed by atoms with Gasteiger partial charge in [-0.2, -0.15) is 0 Å². The zero-order valence-corrected chi connectivity index (χ0v) is 19.8. The van der Waals surface area contributed by atoms with E-state index in [0.717, 1.165) is 6.42 Å². The van der Waals surface area contributed by atoms with E-state index in [4.69, 9.17) is 0 Å². The number of thiophene rings is 1. The van der Waals surface area contributed by atoms with Crippen molar-refractivity contribution in [3.63, 3.8) is 0 Å². The second-order valence-electron chi connectivity index (χ2n) is 8.34. The van der Waals surface area contributed by atoms with Gasteiger partial charge in [-0.05, 0) is 48.1 Å². The zero-order valence-electron chi connectivity index (χ0n) is 19.0. The normalized spacial score (nSPS) is 12.1. The Kier molecular flexibility index (Phi) is 7.32. The first-order valence-corrected chi connectivity index (χ1v) is 12.0. The number of rotatable bonds is 9. The van der Waals surface area contributed by atoms with Crippen LogP contribution in [0.4, 0.5) is 10.1 Å². The molecule has 2 aromatic heterocycles. The first-order chi connectivity index (χ1) is 16.5. The van der Waals surface area contributed by atoms with Crippen molar-refractivity contribution in [2.45, 2.75) is 32.9 Å². The Bertz CT molecular complexity index is 1270. The Morgan fingerprint density at radius 2 is 1.85 bits per heavy atom. The van der Waals surface area contributed by atoms with Crippen molar-refractivity contribution in [2.75, 3.05) is 11.4 Å². The van der Waals surface area contributed by atoms with Gasteiger partial charge in [0.2, 0.25) is 11.8 Å². The van der Waals surface area contributed by atoms with Crippen molar-refractivity contribution in [1.29, 1.82) is 0 Å². The van der Waals surface area contributed by atoms with Gasteiger partial charge in [-0.1, -0.05) is 49.4 Å². The molecule has 0 saturated carbocycles. The Morgan fingerprint density at radius 3 is 2.59 bits per heavy atom. The molecule has 9 heteroatoms. The third kappa shape index (κ3) is 5.14. The molecule has 0 spiro atoms. The molecule has 4 rings (SSSR count). The molecule has 1 atom stereocenters. The third-order valence-electron chi connectivity index (χ3n) is 5.43. The Morgan fingerprint density at radius 1 is 1.09 bits per heavy atom. The SMILES string of the molecule is CC(C)CCNC(=O)[C@@H](c1cccs1)N(C(=O)Cn1nnc2ccccc21)c1ccccc1F. The number of halogens is 1. The van der Waals surface area contributed by atoms with Crippen LogP contribution < -0.4 is 10.2 Å².